The van der Waals surface area contributed by atoms with Gasteiger partial charge in [0, 0.05) is 16.8 Å². The van der Waals surface area contributed by atoms with Crippen molar-refractivity contribution < 1.29 is 8.39 Å². The van der Waals surface area contributed by atoms with Gasteiger partial charge in [0.15, 0.2) is 0 Å². The normalized spacial score (nSPS) is 11.8. The average Bonchev–Trinajstić information content (AvgIpc) is 2.83. The molecule has 1 heterocycles. The molecule has 0 bridgehead atoms. The highest BCUT2D eigenvalue weighted by Crippen LogP contribution is 2.40. The molecule has 4 heteroatoms. The van der Waals surface area contributed by atoms with Crippen LogP contribution in [0.15, 0.2) is 81.2 Å². The number of hydrogen-bond acceptors (Lipinski definition) is 3. The zero-order valence-electron chi connectivity index (χ0n) is 15.3. The van der Waals surface area contributed by atoms with Gasteiger partial charge in [0.05, 0.1) is 0 Å². The summed E-state index contributed by atoms with van der Waals surface area (Å²) in [5.74, 6) is 0. The Kier molecular flexibility index (Phi) is 3.93. The molecule has 0 amide bonds. The molecule has 0 aliphatic heterocycles. The monoisotopic (exact) mass is 373 g/mol. The van der Waals surface area contributed by atoms with Gasteiger partial charge in [0.25, 0.3) is 0 Å². The maximum atomic E-state index is 6.34. The van der Waals surface area contributed by atoms with E-state index < -0.39 is 8.16 Å². The van der Waals surface area contributed by atoms with Crippen molar-refractivity contribution in [2.45, 2.75) is 19.9 Å². The Hall–Kier alpha value is -2.74. The van der Waals surface area contributed by atoms with Crippen LogP contribution in [0.2, 0.25) is 0 Å². The molecular formula is C23H20NO2P. The van der Waals surface area contributed by atoms with Gasteiger partial charge >= 0.3 is 8.16 Å². The van der Waals surface area contributed by atoms with Crippen molar-refractivity contribution in [2.24, 2.45) is 0 Å². The Morgan fingerprint density at radius 3 is 1.63 bits per heavy atom. The standard InChI is InChI=1S/C23H20NO2P/c1-15(2)24-27-25-20-13-11-16-7-3-5-9-18(16)22(20)23-19-10-6-4-8-17(19)12-14-21(23)26-27/h3-15,24H,1-2H3. The fourth-order valence-corrected chi connectivity index (χ4v) is 4.86. The third-order valence-electron chi connectivity index (χ3n) is 4.76. The van der Waals surface area contributed by atoms with Crippen LogP contribution in [0.3, 0.4) is 0 Å². The van der Waals surface area contributed by atoms with Crippen LogP contribution in [0.4, 0.5) is 0 Å². The molecule has 0 spiro atoms. The van der Waals surface area contributed by atoms with Crippen LogP contribution in [0, 0.1) is 0 Å². The summed E-state index contributed by atoms with van der Waals surface area (Å²) in [7, 11) is -1.27. The topological polar surface area (TPSA) is 38.3 Å². The number of hydrogen-bond donors (Lipinski definition) is 1. The summed E-state index contributed by atoms with van der Waals surface area (Å²) in [5, 5.41) is 10.4. The molecule has 0 aliphatic carbocycles. The molecule has 27 heavy (non-hydrogen) atoms. The van der Waals surface area contributed by atoms with Crippen LogP contribution in [-0.4, -0.2) is 6.04 Å². The smallest absolute Gasteiger partial charge is 0.307 e. The molecule has 5 aromatic rings. The van der Waals surface area contributed by atoms with Crippen molar-refractivity contribution in [2.75, 3.05) is 5.09 Å². The number of rotatable bonds is 2. The summed E-state index contributed by atoms with van der Waals surface area (Å²) in [6, 6.07) is 25.5. The number of nitrogens with one attached hydrogen (secondary N) is 1. The summed E-state index contributed by atoms with van der Waals surface area (Å²) < 4.78 is 12.7. The molecule has 0 unspecified atom stereocenters. The Morgan fingerprint density at radius 1 is 0.667 bits per heavy atom. The molecule has 1 N–H and O–H groups in total. The highest BCUT2D eigenvalue weighted by molar-refractivity contribution is 7.38. The summed E-state index contributed by atoms with van der Waals surface area (Å²) >= 11 is 0. The van der Waals surface area contributed by atoms with E-state index >= 15 is 0 Å². The Morgan fingerprint density at radius 2 is 1.15 bits per heavy atom. The lowest BCUT2D eigenvalue weighted by Crippen LogP contribution is -2.05. The van der Waals surface area contributed by atoms with Crippen LogP contribution >= 0.6 is 8.16 Å². The number of benzene rings is 4. The first-order valence-electron chi connectivity index (χ1n) is 9.17. The minimum Gasteiger partial charge on any atom is -0.408 e. The minimum absolute atomic E-state index is 0.266. The molecule has 0 saturated carbocycles. The van der Waals surface area contributed by atoms with Crippen LogP contribution in [0.25, 0.3) is 43.5 Å². The molecule has 0 saturated heterocycles. The first-order chi connectivity index (χ1) is 13.2. The first-order valence-corrected chi connectivity index (χ1v) is 10.3. The molecule has 5 rings (SSSR count). The molecule has 0 aliphatic rings. The largest absolute Gasteiger partial charge is 0.408 e. The third kappa shape index (κ3) is 2.80. The molecule has 0 atom stereocenters. The van der Waals surface area contributed by atoms with E-state index in [4.69, 9.17) is 8.39 Å². The molecule has 3 nitrogen and oxygen atoms in total. The Balaban J connectivity index is 2.10. The van der Waals surface area contributed by atoms with E-state index in [0.717, 1.165) is 21.9 Å². The Labute approximate surface area is 158 Å². The number of fused-ring (bicyclic) bond motifs is 7. The fraction of sp³-hybridized carbons (Fsp3) is 0.130. The van der Waals surface area contributed by atoms with Crippen molar-refractivity contribution in [1.82, 2.24) is 0 Å². The van der Waals surface area contributed by atoms with Crippen molar-refractivity contribution in [3.63, 3.8) is 0 Å². The molecule has 4 aromatic carbocycles. The molecule has 1 aromatic heterocycles. The van der Waals surface area contributed by atoms with Gasteiger partial charge in [-0.1, -0.05) is 60.7 Å². The van der Waals surface area contributed by atoms with Gasteiger partial charge in [-0.2, -0.15) is 0 Å². The summed E-state index contributed by atoms with van der Waals surface area (Å²) in [4.78, 5) is 0. The summed E-state index contributed by atoms with van der Waals surface area (Å²) in [6.07, 6.45) is 0. The van der Waals surface area contributed by atoms with E-state index in [-0.39, 0.29) is 6.04 Å². The van der Waals surface area contributed by atoms with Gasteiger partial charge in [-0.3, -0.25) is 0 Å². The lowest BCUT2D eigenvalue weighted by atomic mass is 9.99. The molecule has 0 radical (unpaired) electrons. The summed E-state index contributed by atoms with van der Waals surface area (Å²) in [5.41, 5.74) is 1.73. The second-order valence-corrected chi connectivity index (χ2v) is 8.18. The van der Waals surface area contributed by atoms with Crippen molar-refractivity contribution in [1.29, 1.82) is 0 Å². The zero-order valence-corrected chi connectivity index (χ0v) is 16.2. The average molecular weight is 373 g/mol. The van der Waals surface area contributed by atoms with Gasteiger partial charge in [0.1, 0.15) is 11.2 Å². The van der Waals surface area contributed by atoms with E-state index in [1.54, 1.807) is 0 Å². The van der Waals surface area contributed by atoms with Crippen molar-refractivity contribution in [3.8, 4) is 0 Å². The molecule has 134 valence electrons. The second kappa shape index (κ2) is 6.45. The molecular weight excluding hydrogens is 353 g/mol. The van der Waals surface area contributed by atoms with Gasteiger partial charge in [-0.15, -0.1) is 0 Å². The van der Waals surface area contributed by atoms with E-state index in [1.165, 1.54) is 21.5 Å². The van der Waals surface area contributed by atoms with Gasteiger partial charge in [-0.05, 0) is 47.5 Å². The van der Waals surface area contributed by atoms with Crippen molar-refractivity contribution >= 4 is 51.6 Å². The van der Waals surface area contributed by atoms with Gasteiger partial charge in [0.2, 0.25) is 0 Å². The molecule has 0 fully saturated rings. The maximum absolute atomic E-state index is 6.34. The quantitative estimate of drug-likeness (QED) is 0.347. The lowest BCUT2D eigenvalue weighted by molar-refractivity contribution is 0.638. The van der Waals surface area contributed by atoms with Crippen LogP contribution in [0.5, 0.6) is 0 Å². The fourth-order valence-electron chi connectivity index (χ4n) is 3.63. The maximum Gasteiger partial charge on any atom is 0.307 e. The van der Waals surface area contributed by atoms with E-state index in [0.29, 0.717) is 0 Å². The van der Waals surface area contributed by atoms with E-state index in [1.807, 2.05) is 0 Å². The highest BCUT2D eigenvalue weighted by Gasteiger charge is 2.12. The van der Waals surface area contributed by atoms with Crippen LogP contribution in [-0.2, 0) is 0 Å². The van der Waals surface area contributed by atoms with Crippen molar-refractivity contribution in [3.05, 3.63) is 72.8 Å². The predicted molar refractivity (Wildman–Crippen MR) is 116 cm³/mol. The van der Waals surface area contributed by atoms with Crippen LogP contribution < -0.4 is 5.09 Å². The highest BCUT2D eigenvalue weighted by atomic mass is 31.1. The minimum atomic E-state index is -1.27. The van der Waals surface area contributed by atoms with Gasteiger partial charge in [-0.25, -0.2) is 5.09 Å². The summed E-state index contributed by atoms with van der Waals surface area (Å²) in [6.45, 7) is 4.20. The zero-order chi connectivity index (χ0) is 18.4. The van der Waals surface area contributed by atoms with E-state index in [2.05, 4.69) is 91.7 Å². The first kappa shape index (κ1) is 16.4. The SMILES string of the molecule is CC(C)Np1oc2ccc3ccccc3c2c2c(ccc3ccccc32)o1. The second-order valence-electron chi connectivity index (χ2n) is 7.04. The lowest BCUT2D eigenvalue weighted by Gasteiger charge is -2.05. The third-order valence-corrected chi connectivity index (χ3v) is 6.21. The predicted octanol–water partition coefficient (Wildman–Crippen LogP) is 7.55. The van der Waals surface area contributed by atoms with Gasteiger partial charge < -0.3 is 8.39 Å². The Bertz CT molecular complexity index is 1240. The van der Waals surface area contributed by atoms with E-state index in [9.17, 15) is 0 Å². The van der Waals surface area contributed by atoms with Crippen LogP contribution in [0.1, 0.15) is 13.8 Å².